The van der Waals surface area contributed by atoms with Crippen LogP contribution in [-0.2, 0) is 9.59 Å². The largest absolute Gasteiger partial charge is 0.507 e. The van der Waals surface area contributed by atoms with Crippen molar-refractivity contribution in [3.63, 3.8) is 0 Å². The number of rotatable bonds is 6. The van der Waals surface area contributed by atoms with Crippen LogP contribution in [-0.4, -0.2) is 34.8 Å². The number of hydrogen-bond acceptors (Lipinski definition) is 4. The van der Waals surface area contributed by atoms with Crippen LogP contribution in [0.2, 0.25) is 5.02 Å². The molecule has 0 bridgehead atoms. The molecule has 0 aliphatic carbocycles. The average molecular weight is 412 g/mol. The maximum Gasteiger partial charge on any atom is 0.295 e. The quantitative estimate of drug-likeness (QED) is 0.325. The molecule has 1 atom stereocenters. The minimum Gasteiger partial charge on any atom is -0.507 e. The van der Waals surface area contributed by atoms with Crippen LogP contribution in [0.15, 0.2) is 60.7 Å². The summed E-state index contributed by atoms with van der Waals surface area (Å²) >= 11 is 6.13. The number of carbonyl (C=O) groups is 2. The molecule has 6 heteroatoms. The molecule has 2 aromatic rings. The van der Waals surface area contributed by atoms with Crippen LogP contribution in [0.25, 0.3) is 5.76 Å². The Balaban J connectivity index is 2.17. The highest BCUT2D eigenvalue weighted by Crippen LogP contribution is 2.40. The number of carbonyl (C=O) groups excluding carboxylic acids is 2. The molecule has 1 N–H and O–H groups in total. The zero-order valence-electron chi connectivity index (χ0n) is 16.3. The number of hydrogen-bond donors (Lipinski definition) is 1. The normalized spacial score (nSPS) is 18.2. The van der Waals surface area contributed by atoms with Crippen molar-refractivity contribution >= 4 is 29.1 Å². The monoisotopic (exact) mass is 411 g/mol. The van der Waals surface area contributed by atoms with E-state index in [1.54, 1.807) is 48.5 Å². The van der Waals surface area contributed by atoms with Gasteiger partial charge in [-0.15, -0.1) is 6.58 Å². The van der Waals surface area contributed by atoms with Gasteiger partial charge in [-0.3, -0.25) is 9.59 Å². The van der Waals surface area contributed by atoms with Crippen molar-refractivity contribution in [2.24, 2.45) is 0 Å². The fourth-order valence-corrected chi connectivity index (χ4v) is 3.70. The Morgan fingerprint density at radius 2 is 2.03 bits per heavy atom. The Morgan fingerprint density at radius 1 is 1.28 bits per heavy atom. The lowest BCUT2D eigenvalue weighted by atomic mass is 9.95. The molecule has 1 saturated heterocycles. The number of amides is 1. The van der Waals surface area contributed by atoms with Crippen molar-refractivity contribution < 1.29 is 19.4 Å². The standard InChI is InChI=1S/C23H22ClNO4/c1-4-11-25-20(15-7-6-8-17(24)13-15)19(22(27)23(25)28)21(26)16-9-10-18(29-5-2)14(3)12-16/h4,6-10,12-13,20,26H,1,5,11H2,2-3H3/b21-19-. The third-order valence-electron chi connectivity index (χ3n) is 4.78. The molecule has 1 amide bonds. The van der Waals surface area contributed by atoms with E-state index in [4.69, 9.17) is 16.3 Å². The van der Waals surface area contributed by atoms with E-state index in [1.165, 1.54) is 4.90 Å². The van der Waals surface area contributed by atoms with E-state index >= 15 is 0 Å². The first-order valence-electron chi connectivity index (χ1n) is 9.27. The molecule has 1 aliphatic rings. The Bertz CT molecular complexity index is 1010. The summed E-state index contributed by atoms with van der Waals surface area (Å²) in [5.74, 6) is -0.950. The Hall–Kier alpha value is -3.05. The van der Waals surface area contributed by atoms with Gasteiger partial charge >= 0.3 is 0 Å². The average Bonchev–Trinajstić information content (AvgIpc) is 2.94. The number of ketones is 1. The Labute approximate surface area is 174 Å². The van der Waals surface area contributed by atoms with Gasteiger partial charge in [0.05, 0.1) is 18.2 Å². The first-order valence-corrected chi connectivity index (χ1v) is 9.65. The van der Waals surface area contributed by atoms with Crippen LogP contribution in [0.1, 0.15) is 29.7 Å². The molecular weight excluding hydrogens is 390 g/mol. The molecule has 5 nitrogen and oxygen atoms in total. The van der Waals surface area contributed by atoms with Gasteiger partial charge in [-0.25, -0.2) is 0 Å². The minimum absolute atomic E-state index is 0.0303. The lowest BCUT2D eigenvalue weighted by molar-refractivity contribution is -0.139. The van der Waals surface area contributed by atoms with Crippen molar-refractivity contribution in [1.29, 1.82) is 0 Å². The number of halogens is 1. The number of aliphatic hydroxyl groups is 1. The summed E-state index contributed by atoms with van der Waals surface area (Å²) in [6.45, 7) is 8.10. The van der Waals surface area contributed by atoms with Crippen LogP contribution >= 0.6 is 11.6 Å². The van der Waals surface area contributed by atoms with E-state index in [-0.39, 0.29) is 17.9 Å². The Morgan fingerprint density at radius 3 is 2.66 bits per heavy atom. The third-order valence-corrected chi connectivity index (χ3v) is 5.01. The van der Waals surface area contributed by atoms with Crippen LogP contribution in [0, 0.1) is 6.92 Å². The van der Waals surface area contributed by atoms with Crippen molar-refractivity contribution in [3.8, 4) is 5.75 Å². The predicted molar refractivity (Wildman–Crippen MR) is 113 cm³/mol. The summed E-state index contributed by atoms with van der Waals surface area (Å²) in [6.07, 6.45) is 1.55. The summed E-state index contributed by atoms with van der Waals surface area (Å²) < 4.78 is 5.53. The Kier molecular flexibility index (Phi) is 6.09. The van der Waals surface area contributed by atoms with Gasteiger partial charge < -0.3 is 14.7 Å². The summed E-state index contributed by atoms with van der Waals surface area (Å²) in [5, 5.41) is 11.5. The highest BCUT2D eigenvalue weighted by atomic mass is 35.5. The van der Waals surface area contributed by atoms with E-state index in [9.17, 15) is 14.7 Å². The zero-order valence-corrected chi connectivity index (χ0v) is 17.1. The van der Waals surface area contributed by atoms with Crippen LogP contribution in [0.5, 0.6) is 5.75 Å². The molecule has 0 saturated carbocycles. The fraction of sp³-hybridized carbons (Fsp3) is 0.217. The highest BCUT2D eigenvalue weighted by Gasteiger charge is 2.45. The number of likely N-dealkylation sites (tertiary alicyclic amines) is 1. The van der Waals surface area contributed by atoms with Crippen molar-refractivity contribution in [1.82, 2.24) is 4.90 Å². The van der Waals surface area contributed by atoms with Crippen molar-refractivity contribution in [2.75, 3.05) is 13.2 Å². The van der Waals surface area contributed by atoms with Gasteiger partial charge in [0.25, 0.3) is 11.7 Å². The number of ether oxygens (including phenoxy) is 1. The maximum atomic E-state index is 12.8. The van der Waals surface area contributed by atoms with Crippen LogP contribution < -0.4 is 4.74 Å². The first kappa shape index (κ1) is 20.7. The molecule has 29 heavy (non-hydrogen) atoms. The van der Waals surface area contributed by atoms with Gasteiger partial charge in [0.1, 0.15) is 11.5 Å². The van der Waals surface area contributed by atoms with E-state index in [1.807, 2.05) is 13.8 Å². The van der Waals surface area contributed by atoms with Gasteiger partial charge in [0.2, 0.25) is 0 Å². The van der Waals surface area contributed by atoms with Crippen molar-refractivity contribution in [2.45, 2.75) is 19.9 Å². The SMILES string of the molecule is C=CCN1C(=O)C(=O)/C(=C(\O)c2ccc(OCC)c(C)c2)C1c1cccc(Cl)c1. The second-order valence-electron chi connectivity index (χ2n) is 6.71. The van der Waals surface area contributed by atoms with Crippen LogP contribution in [0.3, 0.4) is 0 Å². The molecule has 150 valence electrons. The summed E-state index contributed by atoms with van der Waals surface area (Å²) in [6, 6.07) is 11.3. The van der Waals surface area contributed by atoms with Gasteiger partial charge in [-0.1, -0.05) is 29.8 Å². The maximum absolute atomic E-state index is 12.8. The minimum atomic E-state index is -0.751. The molecule has 0 spiro atoms. The highest BCUT2D eigenvalue weighted by molar-refractivity contribution is 6.46. The summed E-state index contributed by atoms with van der Waals surface area (Å²) in [4.78, 5) is 26.9. The zero-order chi connectivity index (χ0) is 21.1. The van der Waals surface area contributed by atoms with Crippen LogP contribution in [0.4, 0.5) is 0 Å². The smallest absolute Gasteiger partial charge is 0.295 e. The number of nitrogens with zero attached hydrogens (tertiary/aromatic N) is 1. The molecule has 1 aliphatic heterocycles. The van der Waals surface area contributed by atoms with Gasteiger partial charge in [0, 0.05) is 17.1 Å². The third kappa shape index (κ3) is 3.91. The van der Waals surface area contributed by atoms with E-state index in [2.05, 4.69) is 6.58 Å². The summed E-state index contributed by atoms with van der Waals surface area (Å²) in [5.41, 5.74) is 1.93. The number of benzene rings is 2. The van der Waals surface area contributed by atoms with Gasteiger partial charge in [0.15, 0.2) is 0 Å². The second-order valence-corrected chi connectivity index (χ2v) is 7.14. The van der Waals surface area contributed by atoms with Crippen molar-refractivity contribution in [3.05, 3.63) is 82.4 Å². The molecule has 1 fully saturated rings. The lowest BCUT2D eigenvalue weighted by Gasteiger charge is -2.24. The lowest BCUT2D eigenvalue weighted by Crippen LogP contribution is -2.29. The predicted octanol–water partition coefficient (Wildman–Crippen LogP) is 4.65. The van der Waals surface area contributed by atoms with E-state index in [0.29, 0.717) is 28.5 Å². The van der Waals surface area contributed by atoms with E-state index in [0.717, 1.165) is 5.56 Å². The molecule has 1 unspecified atom stereocenters. The van der Waals surface area contributed by atoms with Gasteiger partial charge in [-0.2, -0.15) is 0 Å². The molecule has 0 radical (unpaired) electrons. The molecule has 2 aromatic carbocycles. The number of aliphatic hydroxyl groups excluding tert-OH is 1. The molecule has 3 rings (SSSR count). The fourth-order valence-electron chi connectivity index (χ4n) is 3.50. The number of aryl methyl sites for hydroxylation is 1. The topological polar surface area (TPSA) is 66.8 Å². The number of Topliss-reactive ketones (excluding diaryl/α,β-unsaturated/α-hetero) is 1. The molecular formula is C23H22ClNO4. The molecule has 0 aromatic heterocycles. The van der Waals surface area contributed by atoms with E-state index < -0.39 is 17.7 Å². The first-order chi connectivity index (χ1) is 13.9. The van der Waals surface area contributed by atoms with Gasteiger partial charge in [-0.05, 0) is 55.3 Å². The molecule has 1 heterocycles. The summed E-state index contributed by atoms with van der Waals surface area (Å²) in [7, 11) is 0. The second kappa shape index (κ2) is 8.53.